The molecule has 2 aliphatic carbocycles. The number of hydrogen-bond acceptors (Lipinski definition) is 1. The molecule has 0 saturated heterocycles. The number of hydrogen-bond donors (Lipinski definition) is 0. The van der Waals surface area contributed by atoms with Crippen molar-refractivity contribution < 1.29 is 0 Å². The van der Waals surface area contributed by atoms with Crippen LogP contribution in [0.25, 0.3) is 88.7 Å². The van der Waals surface area contributed by atoms with Crippen molar-refractivity contribution in [2.45, 2.75) is 5.41 Å². The maximum atomic E-state index is 2.52. The number of para-hydroxylation sites is 1. The summed E-state index contributed by atoms with van der Waals surface area (Å²) < 4.78 is 0. The van der Waals surface area contributed by atoms with Crippen molar-refractivity contribution in [3.63, 3.8) is 0 Å². The molecule has 14 rings (SSSR count). The standard InChI is InChI=1S/C71H47N/c1-3-22-49(23-4-1)56-29-9-10-34-63(56)70-57(50-24-5-2-6-25-50)35-20-36-64(70)62-33-14-18-40-69(62)72(54-28-19-27-52(46-54)53-42-41-48-21-7-8-26-51(48)45-53)55-43-44-61-60-32-13-17-39-67(60)71(68(61)47-55)65-37-15-11-30-58(65)59-31-12-16-38-66(59)71/h1-47H. The Morgan fingerprint density at radius 1 is 0.222 bits per heavy atom. The maximum Gasteiger partial charge on any atom is 0.0726 e. The van der Waals surface area contributed by atoms with Gasteiger partial charge in [0.05, 0.1) is 11.1 Å². The van der Waals surface area contributed by atoms with Crippen molar-refractivity contribution in [2.24, 2.45) is 0 Å². The van der Waals surface area contributed by atoms with E-state index in [1.807, 2.05) is 0 Å². The highest BCUT2D eigenvalue weighted by Gasteiger charge is 2.51. The van der Waals surface area contributed by atoms with Gasteiger partial charge in [-0.25, -0.2) is 0 Å². The lowest BCUT2D eigenvalue weighted by molar-refractivity contribution is 0.793. The molecule has 12 aromatic carbocycles. The van der Waals surface area contributed by atoms with Crippen molar-refractivity contribution in [1.82, 2.24) is 0 Å². The number of benzene rings is 12. The van der Waals surface area contributed by atoms with Crippen LogP contribution in [0.2, 0.25) is 0 Å². The van der Waals surface area contributed by atoms with Crippen LogP contribution in [0.1, 0.15) is 22.3 Å². The lowest BCUT2D eigenvalue weighted by atomic mass is 9.70. The molecule has 0 aliphatic heterocycles. The van der Waals surface area contributed by atoms with Gasteiger partial charge in [-0.3, -0.25) is 0 Å². The van der Waals surface area contributed by atoms with Gasteiger partial charge in [0.1, 0.15) is 0 Å². The zero-order chi connectivity index (χ0) is 47.6. The first kappa shape index (κ1) is 41.7. The molecule has 0 amide bonds. The van der Waals surface area contributed by atoms with Gasteiger partial charge < -0.3 is 4.90 Å². The average molecular weight is 914 g/mol. The highest BCUT2D eigenvalue weighted by Crippen LogP contribution is 2.63. The summed E-state index contributed by atoms with van der Waals surface area (Å²) in [5.41, 5.74) is 25.0. The van der Waals surface area contributed by atoms with E-state index in [1.165, 1.54) is 94.2 Å². The summed E-state index contributed by atoms with van der Waals surface area (Å²) in [6, 6.07) is 106. The number of rotatable bonds is 8. The summed E-state index contributed by atoms with van der Waals surface area (Å²) in [6.07, 6.45) is 0. The van der Waals surface area contributed by atoms with Crippen LogP contribution in [0.4, 0.5) is 17.1 Å². The zero-order valence-electron chi connectivity index (χ0n) is 39.6. The Hall–Kier alpha value is -9.30. The van der Waals surface area contributed by atoms with Crippen LogP contribution in [-0.4, -0.2) is 0 Å². The second-order valence-corrected chi connectivity index (χ2v) is 19.1. The minimum absolute atomic E-state index is 0.494. The molecule has 1 heteroatoms. The van der Waals surface area contributed by atoms with Crippen LogP contribution in [0.15, 0.2) is 285 Å². The Balaban J connectivity index is 1.04. The third-order valence-corrected chi connectivity index (χ3v) is 15.3. The summed E-state index contributed by atoms with van der Waals surface area (Å²) in [7, 11) is 0. The SMILES string of the molecule is c1ccc(-c2ccccc2-c2c(-c3ccccc3)cccc2-c2ccccc2N(c2cccc(-c3ccc4ccccc4c3)c2)c2ccc3c(c2)C2(c4ccccc4-c4ccccc42)c2ccccc2-3)cc1. The molecule has 0 unspecified atom stereocenters. The Morgan fingerprint density at radius 3 is 1.36 bits per heavy atom. The van der Waals surface area contributed by atoms with Gasteiger partial charge in [0.25, 0.3) is 0 Å². The quantitative estimate of drug-likeness (QED) is 0.147. The van der Waals surface area contributed by atoms with E-state index >= 15 is 0 Å². The normalized spacial score (nSPS) is 12.6. The number of anilines is 3. The van der Waals surface area contributed by atoms with Gasteiger partial charge in [-0.15, -0.1) is 0 Å². The van der Waals surface area contributed by atoms with E-state index in [1.54, 1.807) is 0 Å². The largest absolute Gasteiger partial charge is 0.310 e. The molecule has 2 aliphatic rings. The smallest absolute Gasteiger partial charge is 0.0726 e. The van der Waals surface area contributed by atoms with E-state index in [0.29, 0.717) is 0 Å². The molecule has 0 saturated carbocycles. The summed E-state index contributed by atoms with van der Waals surface area (Å²) in [5.74, 6) is 0. The van der Waals surface area contributed by atoms with Crippen LogP contribution < -0.4 is 4.90 Å². The molecule has 1 nitrogen and oxygen atoms in total. The van der Waals surface area contributed by atoms with Crippen molar-refractivity contribution in [2.75, 3.05) is 4.90 Å². The van der Waals surface area contributed by atoms with Gasteiger partial charge >= 0.3 is 0 Å². The third-order valence-electron chi connectivity index (χ3n) is 15.3. The van der Waals surface area contributed by atoms with Crippen LogP contribution in [0.5, 0.6) is 0 Å². The Bertz CT molecular complexity index is 3990. The fourth-order valence-electron chi connectivity index (χ4n) is 12.2. The molecule has 336 valence electrons. The third kappa shape index (κ3) is 6.48. The van der Waals surface area contributed by atoms with Crippen LogP contribution >= 0.6 is 0 Å². The van der Waals surface area contributed by atoms with Gasteiger partial charge in [0.2, 0.25) is 0 Å². The van der Waals surface area contributed by atoms with E-state index in [4.69, 9.17) is 0 Å². The van der Waals surface area contributed by atoms with Crippen molar-refractivity contribution in [1.29, 1.82) is 0 Å². The lowest BCUT2D eigenvalue weighted by Crippen LogP contribution is -2.26. The van der Waals surface area contributed by atoms with Crippen LogP contribution in [-0.2, 0) is 5.41 Å². The second-order valence-electron chi connectivity index (χ2n) is 19.1. The molecule has 0 radical (unpaired) electrons. The summed E-state index contributed by atoms with van der Waals surface area (Å²) in [4.78, 5) is 2.52. The fourth-order valence-corrected chi connectivity index (χ4v) is 12.2. The molecule has 12 aromatic rings. The Kier molecular flexibility index (Phi) is 9.82. The lowest BCUT2D eigenvalue weighted by Gasteiger charge is -2.33. The van der Waals surface area contributed by atoms with Gasteiger partial charge in [-0.2, -0.15) is 0 Å². The van der Waals surface area contributed by atoms with E-state index in [-0.39, 0.29) is 0 Å². The van der Waals surface area contributed by atoms with E-state index in [0.717, 1.165) is 33.8 Å². The topological polar surface area (TPSA) is 3.24 Å². The summed E-state index contributed by atoms with van der Waals surface area (Å²) in [5, 5.41) is 2.46. The Morgan fingerprint density at radius 2 is 0.681 bits per heavy atom. The molecular formula is C71H47N. The van der Waals surface area contributed by atoms with Crippen molar-refractivity contribution in [3.8, 4) is 77.9 Å². The molecule has 0 atom stereocenters. The highest BCUT2D eigenvalue weighted by molar-refractivity contribution is 6.04. The molecule has 0 aromatic heterocycles. The van der Waals surface area contributed by atoms with Crippen molar-refractivity contribution in [3.05, 3.63) is 307 Å². The van der Waals surface area contributed by atoms with Crippen molar-refractivity contribution >= 4 is 27.8 Å². The second kappa shape index (κ2) is 17.0. The minimum Gasteiger partial charge on any atom is -0.310 e. The zero-order valence-corrected chi connectivity index (χ0v) is 39.6. The van der Waals surface area contributed by atoms with Crippen LogP contribution in [0.3, 0.4) is 0 Å². The monoisotopic (exact) mass is 913 g/mol. The summed E-state index contributed by atoms with van der Waals surface area (Å²) in [6.45, 7) is 0. The predicted octanol–water partition coefficient (Wildman–Crippen LogP) is 19.0. The molecule has 0 fully saturated rings. The molecule has 0 N–H and O–H groups in total. The highest BCUT2D eigenvalue weighted by atomic mass is 15.1. The van der Waals surface area contributed by atoms with Gasteiger partial charge in [-0.05, 0) is 142 Å². The van der Waals surface area contributed by atoms with Gasteiger partial charge in [-0.1, -0.05) is 249 Å². The maximum absolute atomic E-state index is 2.52. The fraction of sp³-hybridized carbons (Fsp3) is 0.0141. The van der Waals surface area contributed by atoms with E-state index < -0.39 is 5.41 Å². The van der Waals surface area contributed by atoms with E-state index in [2.05, 4.69) is 290 Å². The van der Waals surface area contributed by atoms with Crippen LogP contribution in [0, 0.1) is 0 Å². The number of nitrogens with zero attached hydrogens (tertiary/aromatic N) is 1. The molecule has 72 heavy (non-hydrogen) atoms. The predicted molar refractivity (Wildman–Crippen MR) is 302 cm³/mol. The first-order chi connectivity index (χ1) is 35.7. The first-order valence-corrected chi connectivity index (χ1v) is 25.0. The first-order valence-electron chi connectivity index (χ1n) is 25.0. The molecule has 1 spiro atoms. The minimum atomic E-state index is -0.494. The molecule has 0 heterocycles. The molecular weight excluding hydrogens is 867 g/mol. The van der Waals surface area contributed by atoms with Gasteiger partial charge in [0.15, 0.2) is 0 Å². The molecule has 0 bridgehead atoms. The Labute approximate surface area is 421 Å². The van der Waals surface area contributed by atoms with Gasteiger partial charge in [0, 0.05) is 16.9 Å². The summed E-state index contributed by atoms with van der Waals surface area (Å²) >= 11 is 0. The van der Waals surface area contributed by atoms with E-state index in [9.17, 15) is 0 Å². The average Bonchev–Trinajstić information content (AvgIpc) is 3.93. The number of fused-ring (bicyclic) bond motifs is 11.